The van der Waals surface area contributed by atoms with Crippen molar-refractivity contribution in [1.82, 2.24) is 0 Å². The number of rotatable bonds is 6. The lowest BCUT2D eigenvalue weighted by Crippen LogP contribution is -1.87. The van der Waals surface area contributed by atoms with Crippen molar-refractivity contribution in [1.29, 1.82) is 0 Å². The molecule has 0 heterocycles. The molecule has 0 saturated heterocycles. The van der Waals surface area contributed by atoms with Crippen LogP contribution in [0.5, 0.6) is 0 Å². The van der Waals surface area contributed by atoms with E-state index < -0.39 is 0 Å². The van der Waals surface area contributed by atoms with Crippen LogP contribution in [0, 0.1) is 0 Å². The van der Waals surface area contributed by atoms with Crippen molar-refractivity contribution in [3.63, 3.8) is 0 Å². The molecule has 0 bridgehead atoms. The number of aryl methyl sites for hydroxylation is 2. The zero-order valence-corrected chi connectivity index (χ0v) is 12.1. The third-order valence-corrected chi connectivity index (χ3v) is 2.63. The second kappa shape index (κ2) is 10.6. The van der Waals surface area contributed by atoms with Crippen LogP contribution in [0.3, 0.4) is 0 Å². The molecule has 0 nitrogen and oxygen atoms in total. The minimum Gasteiger partial charge on any atom is -0.0991 e. The van der Waals surface area contributed by atoms with Crippen LogP contribution in [0.25, 0.3) is 0 Å². The summed E-state index contributed by atoms with van der Waals surface area (Å²) in [7, 11) is 0. The maximum atomic E-state index is 4.01. The number of benzene rings is 1. The maximum Gasteiger partial charge on any atom is -0.0238 e. The molecule has 0 aliphatic carbocycles. The van der Waals surface area contributed by atoms with E-state index in [4.69, 9.17) is 0 Å². The smallest absolute Gasteiger partial charge is 0.0238 e. The molecule has 0 aliphatic heterocycles. The predicted molar refractivity (Wildman–Crippen MR) is 84.0 cm³/mol. The van der Waals surface area contributed by atoms with Gasteiger partial charge >= 0.3 is 0 Å². The van der Waals surface area contributed by atoms with Gasteiger partial charge in [0, 0.05) is 0 Å². The van der Waals surface area contributed by atoms with Gasteiger partial charge in [0.2, 0.25) is 0 Å². The average molecular weight is 242 g/mol. The van der Waals surface area contributed by atoms with Gasteiger partial charge < -0.3 is 0 Å². The lowest BCUT2D eigenvalue weighted by atomic mass is 10.0. The van der Waals surface area contributed by atoms with Crippen LogP contribution in [-0.4, -0.2) is 0 Å². The molecule has 1 aromatic carbocycles. The Balaban J connectivity index is 0.00000137. The first-order chi connectivity index (χ1) is 8.76. The van der Waals surface area contributed by atoms with Gasteiger partial charge in [0.05, 0.1) is 0 Å². The van der Waals surface area contributed by atoms with Gasteiger partial charge in [-0.15, -0.1) is 0 Å². The molecule has 18 heavy (non-hydrogen) atoms. The van der Waals surface area contributed by atoms with Gasteiger partial charge in [-0.2, -0.15) is 0 Å². The van der Waals surface area contributed by atoms with Gasteiger partial charge in [0.1, 0.15) is 0 Å². The molecule has 0 heteroatoms. The fourth-order valence-corrected chi connectivity index (χ4v) is 1.53. The monoisotopic (exact) mass is 242 g/mol. The molecule has 0 aromatic heterocycles. The summed E-state index contributed by atoms with van der Waals surface area (Å²) in [5.41, 5.74) is 3.93. The largest absolute Gasteiger partial charge is 0.0991 e. The second-order valence-corrected chi connectivity index (χ2v) is 3.92. The minimum absolute atomic E-state index is 1.01. The lowest BCUT2D eigenvalue weighted by molar-refractivity contribution is 0.966. The molecule has 98 valence electrons. The molecule has 0 fully saturated rings. The van der Waals surface area contributed by atoms with Crippen LogP contribution in [0.2, 0.25) is 0 Å². The second-order valence-electron chi connectivity index (χ2n) is 3.92. The summed E-state index contributed by atoms with van der Waals surface area (Å²) in [6, 6.07) is 8.84. The minimum atomic E-state index is 1.01. The molecule has 0 unspecified atom stereocenters. The zero-order chi connectivity index (χ0) is 13.8. The average Bonchev–Trinajstić information content (AvgIpc) is 2.45. The molecule has 0 atom stereocenters. The molecule has 1 rings (SSSR count). The van der Waals surface area contributed by atoms with E-state index in [1.54, 1.807) is 6.08 Å². The first kappa shape index (κ1) is 16.4. The van der Waals surface area contributed by atoms with Gasteiger partial charge in [-0.1, -0.05) is 82.0 Å². The Hall–Kier alpha value is -1.56. The first-order valence-corrected chi connectivity index (χ1v) is 6.81. The summed E-state index contributed by atoms with van der Waals surface area (Å²) in [5.74, 6) is 0. The van der Waals surface area contributed by atoms with Crippen molar-refractivity contribution in [3.05, 3.63) is 72.4 Å². The summed E-state index contributed by atoms with van der Waals surface area (Å²) in [4.78, 5) is 0. The summed E-state index contributed by atoms with van der Waals surface area (Å²) in [5, 5.41) is 0. The van der Waals surface area contributed by atoms with E-state index >= 15 is 0 Å². The Morgan fingerprint density at radius 1 is 1.11 bits per heavy atom. The van der Waals surface area contributed by atoms with Crippen molar-refractivity contribution >= 4 is 0 Å². The number of hydrogen-bond donors (Lipinski definition) is 0. The van der Waals surface area contributed by atoms with E-state index in [-0.39, 0.29) is 0 Å². The van der Waals surface area contributed by atoms with E-state index in [1.807, 2.05) is 26.0 Å². The van der Waals surface area contributed by atoms with Gasteiger partial charge in [0.15, 0.2) is 0 Å². The van der Waals surface area contributed by atoms with Gasteiger partial charge in [-0.05, 0) is 30.4 Å². The van der Waals surface area contributed by atoms with E-state index in [2.05, 4.69) is 44.3 Å². The lowest BCUT2D eigenvalue weighted by Gasteiger charge is -2.03. The highest BCUT2D eigenvalue weighted by atomic mass is 14.0. The van der Waals surface area contributed by atoms with Crippen molar-refractivity contribution in [2.75, 3.05) is 0 Å². The van der Waals surface area contributed by atoms with Crippen molar-refractivity contribution in [2.45, 2.75) is 40.0 Å². The molecule has 0 N–H and O–H groups in total. The van der Waals surface area contributed by atoms with Crippen LogP contribution >= 0.6 is 0 Å². The fourth-order valence-electron chi connectivity index (χ4n) is 1.53. The molecule has 1 aromatic rings. The van der Waals surface area contributed by atoms with Crippen LogP contribution < -0.4 is 0 Å². The fraction of sp³-hybridized carbons (Fsp3) is 0.333. The molecule has 0 saturated carbocycles. The molecular formula is C18H26. The topological polar surface area (TPSA) is 0 Å². The SMILES string of the molecule is C=C/C=C\C(=C)CCc1ccc(CC)cc1.CC. The van der Waals surface area contributed by atoms with E-state index in [1.165, 1.54) is 11.1 Å². The molecule has 0 amide bonds. The van der Waals surface area contributed by atoms with E-state index in [0.29, 0.717) is 0 Å². The summed E-state index contributed by atoms with van der Waals surface area (Å²) >= 11 is 0. The van der Waals surface area contributed by atoms with E-state index in [0.717, 1.165) is 24.8 Å². The Morgan fingerprint density at radius 3 is 2.17 bits per heavy atom. The van der Waals surface area contributed by atoms with Gasteiger partial charge in [-0.3, -0.25) is 0 Å². The summed E-state index contributed by atoms with van der Waals surface area (Å²) < 4.78 is 0. The van der Waals surface area contributed by atoms with E-state index in [9.17, 15) is 0 Å². The number of hydrogen-bond acceptors (Lipinski definition) is 0. The highest BCUT2D eigenvalue weighted by molar-refractivity contribution is 5.25. The quantitative estimate of drug-likeness (QED) is 0.577. The molecule has 0 spiro atoms. The third kappa shape index (κ3) is 6.90. The summed E-state index contributed by atoms with van der Waals surface area (Å²) in [6.07, 6.45) is 8.91. The Bertz CT molecular complexity index is 366. The van der Waals surface area contributed by atoms with Crippen LogP contribution in [0.1, 0.15) is 38.3 Å². The highest BCUT2D eigenvalue weighted by Crippen LogP contribution is 2.10. The molecule has 0 radical (unpaired) electrons. The van der Waals surface area contributed by atoms with Crippen molar-refractivity contribution in [3.8, 4) is 0 Å². The highest BCUT2D eigenvalue weighted by Gasteiger charge is 1.95. The van der Waals surface area contributed by atoms with Crippen molar-refractivity contribution in [2.24, 2.45) is 0 Å². The zero-order valence-electron chi connectivity index (χ0n) is 12.1. The Morgan fingerprint density at radius 2 is 1.67 bits per heavy atom. The summed E-state index contributed by atoms with van der Waals surface area (Å²) in [6.45, 7) is 13.8. The molecular weight excluding hydrogens is 216 g/mol. The maximum absolute atomic E-state index is 4.01. The van der Waals surface area contributed by atoms with Crippen LogP contribution in [0.4, 0.5) is 0 Å². The molecule has 0 aliphatic rings. The normalized spacial score (nSPS) is 9.72. The standard InChI is InChI=1S/C16H20.C2H6/c1-4-6-7-14(3)8-9-16-12-10-15(5-2)11-13-16;1-2/h4,6-7,10-13H,1,3,5,8-9H2,2H3;1-2H3/b7-6-;. The van der Waals surface area contributed by atoms with Crippen LogP contribution in [0.15, 0.2) is 61.2 Å². The van der Waals surface area contributed by atoms with Gasteiger partial charge in [-0.25, -0.2) is 0 Å². The van der Waals surface area contributed by atoms with Crippen LogP contribution in [-0.2, 0) is 12.8 Å². The predicted octanol–water partition coefficient (Wildman–Crippen LogP) is 5.51. The van der Waals surface area contributed by atoms with Crippen molar-refractivity contribution < 1.29 is 0 Å². The first-order valence-electron chi connectivity index (χ1n) is 6.81. The third-order valence-electron chi connectivity index (χ3n) is 2.63. The Kier molecular flexibility index (Phi) is 9.67. The van der Waals surface area contributed by atoms with Gasteiger partial charge in [0.25, 0.3) is 0 Å². The Labute approximate surface area is 113 Å². The number of allylic oxidation sites excluding steroid dienone is 4.